The molecule has 0 aliphatic carbocycles. The highest BCUT2D eigenvalue weighted by Gasteiger charge is 2.08. The lowest BCUT2D eigenvalue weighted by Gasteiger charge is -2.17. The fourth-order valence-electron chi connectivity index (χ4n) is 5.66. The minimum atomic E-state index is 0.326. The van der Waals surface area contributed by atoms with E-state index in [1.165, 1.54) is 86.5 Å². The molecule has 0 saturated carbocycles. The second kappa shape index (κ2) is 25.9. The average molecular weight is 641 g/mol. The molecule has 0 amide bonds. The summed E-state index contributed by atoms with van der Waals surface area (Å²) >= 11 is 0. The largest absolute Gasteiger partial charge is 0.491 e. The summed E-state index contributed by atoms with van der Waals surface area (Å²) in [6.07, 6.45) is 15.2. The molecule has 0 saturated heterocycles. The zero-order valence-corrected chi connectivity index (χ0v) is 30.4. The van der Waals surface area contributed by atoms with Gasteiger partial charge in [0, 0.05) is 38.5 Å². The molecule has 0 aliphatic heterocycles. The molecule has 0 radical (unpaired) electrons. The van der Waals surface area contributed by atoms with Crippen molar-refractivity contribution in [3.05, 3.63) is 58.7 Å². The van der Waals surface area contributed by atoms with E-state index in [4.69, 9.17) is 18.9 Å². The van der Waals surface area contributed by atoms with Gasteiger partial charge in [-0.3, -0.25) is 0 Å². The molecule has 2 rings (SSSR count). The molecule has 46 heavy (non-hydrogen) atoms. The lowest BCUT2D eigenvalue weighted by molar-refractivity contribution is 0.126. The second-order valence-corrected chi connectivity index (χ2v) is 13.2. The van der Waals surface area contributed by atoms with Gasteiger partial charge in [0.05, 0.1) is 0 Å². The maximum atomic E-state index is 6.05. The summed E-state index contributed by atoms with van der Waals surface area (Å²) in [5.41, 5.74) is 4.80. The van der Waals surface area contributed by atoms with Gasteiger partial charge < -0.3 is 29.6 Å². The molecular weight excluding hydrogens is 572 g/mol. The standard InChI is InChI=1S/C40H68N2O4/c1-33-21-17-22-34(2)39(33)45-31-37(5)41-25-19-29-43-27-15-13-11-9-7-8-10-12-14-16-28-44-30-20-26-42-38(6)32-46-40-35(3)23-18-24-36(40)4/h17-18,21-24,37-38,41-42H,7-16,19-20,25-32H2,1-6H3. The summed E-state index contributed by atoms with van der Waals surface area (Å²) in [7, 11) is 0. The van der Waals surface area contributed by atoms with Crippen LogP contribution in [0.25, 0.3) is 0 Å². The van der Waals surface area contributed by atoms with Crippen LogP contribution in [-0.4, -0.2) is 64.8 Å². The summed E-state index contributed by atoms with van der Waals surface area (Å²) in [5.74, 6) is 2.04. The molecule has 2 unspecified atom stereocenters. The summed E-state index contributed by atoms with van der Waals surface area (Å²) in [5, 5.41) is 7.09. The Balaban J connectivity index is 1.24. The van der Waals surface area contributed by atoms with Gasteiger partial charge in [-0.2, -0.15) is 0 Å². The van der Waals surface area contributed by atoms with E-state index in [-0.39, 0.29) is 0 Å². The summed E-state index contributed by atoms with van der Waals surface area (Å²) in [6, 6.07) is 13.2. The number of rotatable bonds is 29. The quantitative estimate of drug-likeness (QED) is 0.0866. The van der Waals surface area contributed by atoms with Crippen LogP contribution >= 0.6 is 0 Å². The molecule has 0 bridgehead atoms. The van der Waals surface area contributed by atoms with E-state index in [0.717, 1.165) is 63.9 Å². The van der Waals surface area contributed by atoms with Crippen LogP contribution in [-0.2, 0) is 9.47 Å². The number of nitrogens with one attached hydrogen (secondary N) is 2. The molecule has 0 fully saturated rings. The molecule has 2 N–H and O–H groups in total. The Labute approximate surface area is 282 Å². The summed E-state index contributed by atoms with van der Waals surface area (Å²) < 4.78 is 23.8. The van der Waals surface area contributed by atoms with Crippen molar-refractivity contribution in [2.45, 2.75) is 131 Å². The van der Waals surface area contributed by atoms with Crippen molar-refractivity contribution in [2.24, 2.45) is 0 Å². The van der Waals surface area contributed by atoms with Crippen molar-refractivity contribution < 1.29 is 18.9 Å². The monoisotopic (exact) mass is 641 g/mol. The third-order valence-corrected chi connectivity index (χ3v) is 8.52. The van der Waals surface area contributed by atoms with Crippen LogP contribution in [0.2, 0.25) is 0 Å². The normalized spacial score (nSPS) is 12.7. The van der Waals surface area contributed by atoms with Gasteiger partial charge in [0.25, 0.3) is 0 Å². The number of unbranched alkanes of at least 4 members (excludes halogenated alkanes) is 9. The maximum absolute atomic E-state index is 6.05. The Hall–Kier alpha value is -2.12. The van der Waals surface area contributed by atoms with E-state index in [1.54, 1.807) is 0 Å². The van der Waals surface area contributed by atoms with Gasteiger partial charge in [-0.15, -0.1) is 0 Å². The fourth-order valence-corrected chi connectivity index (χ4v) is 5.66. The highest BCUT2D eigenvalue weighted by Crippen LogP contribution is 2.23. The van der Waals surface area contributed by atoms with Gasteiger partial charge >= 0.3 is 0 Å². The van der Waals surface area contributed by atoms with Crippen molar-refractivity contribution in [3.63, 3.8) is 0 Å². The number of hydrogen-bond donors (Lipinski definition) is 2. The van der Waals surface area contributed by atoms with Gasteiger partial charge in [-0.05, 0) is 103 Å². The van der Waals surface area contributed by atoms with Crippen molar-refractivity contribution in [1.82, 2.24) is 10.6 Å². The zero-order valence-electron chi connectivity index (χ0n) is 30.4. The second-order valence-electron chi connectivity index (χ2n) is 13.2. The van der Waals surface area contributed by atoms with Crippen molar-refractivity contribution in [1.29, 1.82) is 0 Å². The maximum Gasteiger partial charge on any atom is 0.125 e. The Kier molecular flexibility index (Phi) is 22.6. The lowest BCUT2D eigenvalue weighted by atomic mass is 10.1. The third kappa shape index (κ3) is 18.9. The van der Waals surface area contributed by atoms with Crippen molar-refractivity contribution in [3.8, 4) is 11.5 Å². The van der Waals surface area contributed by atoms with E-state index < -0.39 is 0 Å². The molecule has 2 aromatic rings. The van der Waals surface area contributed by atoms with Crippen LogP contribution < -0.4 is 20.1 Å². The first-order valence-electron chi connectivity index (χ1n) is 18.4. The number of aryl methyl sites for hydroxylation is 4. The predicted molar refractivity (Wildman–Crippen MR) is 195 cm³/mol. The molecule has 6 nitrogen and oxygen atoms in total. The van der Waals surface area contributed by atoms with Gasteiger partial charge in [0.15, 0.2) is 0 Å². The number of hydrogen-bond acceptors (Lipinski definition) is 6. The first-order valence-corrected chi connectivity index (χ1v) is 18.4. The Morgan fingerprint density at radius 3 is 1.11 bits per heavy atom. The van der Waals surface area contributed by atoms with Gasteiger partial charge in [-0.25, -0.2) is 0 Å². The highest BCUT2D eigenvalue weighted by atomic mass is 16.5. The van der Waals surface area contributed by atoms with Crippen molar-refractivity contribution >= 4 is 0 Å². The SMILES string of the molecule is Cc1cccc(C)c1OCC(C)NCCCOCCCCCCCCCCCCOCCCNC(C)COc1c(C)cccc1C. The Morgan fingerprint density at radius 1 is 0.457 bits per heavy atom. The minimum Gasteiger partial charge on any atom is -0.491 e. The van der Waals surface area contributed by atoms with Gasteiger partial charge in [0.2, 0.25) is 0 Å². The molecule has 262 valence electrons. The van der Waals surface area contributed by atoms with E-state index in [1.807, 2.05) is 0 Å². The van der Waals surface area contributed by atoms with E-state index in [2.05, 4.69) is 88.6 Å². The number of para-hydroxylation sites is 2. The minimum absolute atomic E-state index is 0.326. The lowest BCUT2D eigenvalue weighted by Crippen LogP contribution is -2.33. The third-order valence-electron chi connectivity index (χ3n) is 8.52. The van der Waals surface area contributed by atoms with Crippen LogP contribution in [0.15, 0.2) is 36.4 Å². The Bertz CT molecular complexity index is 908. The molecule has 0 aromatic heterocycles. The molecule has 0 heterocycles. The smallest absolute Gasteiger partial charge is 0.125 e. The van der Waals surface area contributed by atoms with Crippen LogP contribution in [0.3, 0.4) is 0 Å². The van der Waals surface area contributed by atoms with Crippen LogP contribution in [0, 0.1) is 27.7 Å². The Morgan fingerprint density at radius 2 is 0.761 bits per heavy atom. The summed E-state index contributed by atoms with van der Waals surface area (Å²) in [6.45, 7) is 19.5. The number of benzene rings is 2. The number of ether oxygens (including phenoxy) is 4. The van der Waals surface area contributed by atoms with E-state index in [0.29, 0.717) is 25.3 Å². The van der Waals surface area contributed by atoms with Crippen LogP contribution in [0.5, 0.6) is 11.5 Å². The van der Waals surface area contributed by atoms with Gasteiger partial charge in [0.1, 0.15) is 24.7 Å². The molecule has 6 heteroatoms. The summed E-state index contributed by atoms with van der Waals surface area (Å²) in [4.78, 5) is 0. The van der Waals surface area contributed by atoms with E-state index in [9.17, 15) is 0 Å². The topological polar surface area (TPSA) is 61.0 Å². The highest BCUT2D eigenvalue weighted by molar-refractivity contribution is 5.40. The average Bonchev–Trinajstić information content (AvgIpc) is 3.03. The van der Waals surface area contributed by atoms with Crippen LogP contribution in [0.1, 0.15) is 113 Å². The molecule has 2 atom stereocenters. The zero-order chi connectivity index (χ0) is 33.2. The molecule has 0 aliphatic rings. The molecule has 0 spiro atoms. The van der Waals surface area contributed by atoms with Crippen LogP contribution in [0.4, 0.5) is 0 Å². The predicted octanol–water partition coefficient (Wildman–Crippen LogP) is 9.05. The molecule has 2 aromatic carbocycles. The van der Waals surface area contributed by atoms with Gasteiger partial charge in [-0.1, -0.05) is 87.8 Å². The first kappa shape index (κ1) is 40.1. The first-order chi connectivity index (χ1) is 22.4. The van der Waals surface area contributed by atoms with Crippen molar-refractivity contribution in [2.75, 3.05) is 52.7 Å². The van der Waals surface area contributed by atoms with E-state index >= 15 is 0 Å². The molecular formula is C40H68N2O4. The fraction of sp³-hybridized carbons (Fsp3) is 0.700.